The molecule has 0 saturated heterocycles. The Morgan fingerprint density at radius 2 is 2.40 bits per heavy atom. The van der Waals surface area contributed by atoms with Crippen LogP contribution in [0.25, 0.3) is 11.1 Å². The van der Waals surface area contributed by atoms with Crippen molar-refractivity contribution in [1.82, 2.24) is 4.98 Å². The average Bonchev–Trinajstić information content (AvgIpc) is 2.53. The van der Waals surface area contributed by atoms with Crippen molar-refractivity contribution in [2.24, 2.45) is 5.73 Å². The first kappa shape index (κ1) is 9.51. The molecule has 1 heterocycles. The number of oxazole rings is 1. The van der Waals surface area contributed by atoms with Gasteiger partial charge in [0.2, 0.25) is 5.91 Å². The number of carbonyl (C=O) groups is 1. The van der Waals surface area contributed by atoms with E-state index in [1.165, 1.54) is 0 Å². The number of hydrogen-bond donors (Lipinski definition) is 2. The Balaban J connectivity index is 2.26. The maximum atomic E-state index is 10.6. The van der Waals surface area contributed by atoms with Gasteiger partial charge >= 0.3 is 0 Å². The highest BCUT2D eigenvalue weighted by Gasteiger charge is 2.03. The van der Waals surface area contributed by atoms with Crippen molar-refractivity contribution in [3.05, 3.63) is 24.1 Å². The molecule has 0 fully saturated rings. The number of nitrogens with zero attached hydrogens (tertiary/aromatic N) is 1. The minimum absolute atomic E-state index is 0.110. The molecule has 1 aromatic heterocycles. The highest BCUT2D eigenvalue weighted by molar-refractivity contribution is 5.81. The molecule has 0 spiro atoms. The molecule has 1 amide bonds. The Morgan fingerprint density at radius 3 is 3.13 bits per heavy atom. The zero-order valence-electron chi connectivity index (χ0n) is 8.28. The Hall–Kier alpha value is -2.04. The zero-order chi connectivity index (χ0) is 10.8. The van der Waals surface area contributed by atoms with Crippen molar-refractivity contribution in [2.75, 3.05) is 11.9 Å². The van der Waals surface area contributed by atoms with Crippen molar-refractivity contribution in [3.8, 4) is 0 Å². The van der Waals surface area contributed by atoms with Crippen LogP contribution in [-0.4, -0.2) is 17.4 Å². The van der Waals surface area contributed by atoms with Gasteiger partial charge in [-0.25, -0.2) is 4.98 Å². The van der Waals surface area contributed by atoms with Crippen molar-refractivity contribution < 1.29 is 9.21 Å². The fourth-order valence-electron chi connectivity index (χ4n) is 1.34. The molecule has 5 nitrogen and oxygen atoms in total. The standard InChI is InChI=1S/C10H11N3O2/c1-6-13-8-3-2-7(4-9(8)15-6)12-5-10(11)14/h2-4,12H,5H2,1H3,(H2,11,14). The molecule has 3 N–H and O–H groups in total. The topological polar surface area (TPSA) is 81.1 Å². The largest absolute Gasteiger partial charge is 0.441 e. The fraction of sp³-hybridized carbons (Fsp3) is 0.200. The number of amides is 1. The minimum atomic E-state index is -0.399. The van der Waals surface area contributed by atoms with Crippen molar-refractivity contribution >= 4 is 22.7 Å². The third-order valence-electron chi connectivity index (χ3n) is 1.96. The van der Waals surface area contributed by atoms with Crippen LogP contribution in [0.1, 0.15) is 5.89 Å². The summed E-state index contributed by atoms with van der Waals surface area (Å²) in [7, 11) is 0. The highest BCUT2D eigenvalue weighted by Crippen LogP contribution is 2.19. The number of rotatable bonds is 3. The number of nitrogens with two attached hydrogens (primary N) is 1. The lowest BCUT2D eigenvalue weighted by atomic mass is 10.3. The van der Waals surface area contributed by atoms with Crippen LogP contribution in [0, 0.1) is 6.92 Å². The quantitative estimate of drug-likeness (QED) is 0.784. The molecule has 0 atom stereocenters. The van der Waals surface area contributed by atoms with Crippen molar-refractivity contribution in [3.63, 3.8) is 0 Å². The maximum Gasteiger partial charge on any atom is 0.236 e. The normalized spacial score (nSPS) is 10.5. The minimum Gasteiger partial charge on any atom is -0.441 e. The second-order valence-electron chi connectivity index (χ2n) is 3.24. The molecule has 5 heteroatoms. The summed E-state index contributed by atoms with van der Waals surface area (Å²) in [6.07, 6.45) is 0. The van der Waals surface area contributed by atoms with Gasteiger partial charge in [0.1, 0.15) is 5.52 Å². The Morgan fingerprint density at radius 1 is 1.60 bits per heavy atom. The molecule has 0 radical (unpaired) electrons. The molecule has 1 aromatic carbocycles. The van der Waals surface area contributed by atoms with E-state index in [0.717, 1.165) is 11.2 Å². The van der Waals surface area contributed by atoms with E-state index >= 15 is 0 Å². The number of aromatic nitrogens is 1. The van der Waals surface area contributed by atoms with Gasteiger partial charge in [0, 0.05) is 18.7 Å². The van der Waals surface area contributed by atoms with Crippen LogP contribution in [0.5, 0.6) is 0 Å². The van der Waals surface area contributed by atoms with Crippen LogP contribution in [0.4, 0.5) is 5.69 Å². The average molecular weight is 205 g/mol. The molecular weight excluding hydrogens is 194 g/mol. The third kappa shape index (κ3) is 2.07. The summed E-state index contributed by atoms with van der Waals surface area (Å²) in [4.78, 5) is 14.7. The first-order valence-electron chi connectivity index (χ1n) is 4.54. The molecule has 15 heavy (non-hydrogen) atoms. The highest BCUT2D eigenvalue weighted by atomic mass is 16.3. The van der Waals surface area contributed by atoms with E-state index in [1.807, 2.05) is 12.1 Å². The van der Waals surface area contributed by atoms with Crippen LogP contribution < -0.4 is 11.1 Å². The number of fused-ring (bicyclic) bond motifs is 1. The predicted molar refractivity (Wildman–Crippen MR) is 56.4 cm³/mol. The summed E-state index contributed by atoms with van der Waals surface area (Å²) in [5.41, 5.74) is 7.31. The SMILES string of the molecule is Cc1nc2ccc(NCC(N)=O)cc2o1. The van der Waals surface area contributed by atoms with E-state index < -0.39 is 5.91 Å². The van der Waals surface area contributed by atoms with Gasteiger partial charge in [-0.1, -0.05) is 0 Å². The van der Waals surface area contributed by atoms with Crippen LogP contribution in [0.2, 0.25) is 0 Å². The smallest absolute Gasteiger partial charge is 0.236 e. The number of carbonyl (C=O) groups excluding carboxylic acids is 1. The van der Waals surface area contributed by atoms with Crippen LogP contribution in [-0.2, 0) is 4.79 Å². The van der Waals surface area contributed by atoms with Crippen LogP contribution in [0.15, 0.2) is 22.6 Å². The fourth-order valence-corrected chi connectivity index (χ4v) is 1.34. The van der Waals surface area contributed by atoms with Crippen molar-refractivity contribution in [1.29, 1.82) is 0 Å². The summed E-state index contributed by atoms with van der Waals surface area (Å²) in [5.74, 6) is 0.223. The number of aryl methyl sites for hydroxylation is 1. The Labute approximate surface area is 86.3 Å². The molecule has 0 unspecified atom stereocenters. The second-order valence-corrected chi connectivity index (χ2v) is 3.24. The van der Waals surface area contributed by atoms with Crippen LogP contribution in [0.3, 0.4) is 0 Å². The molecule has 0 aliphatic heterocycles. The molecule has 0 aliphatic carbocycles. The lowest BCUT2D eigenvalue weighted by molar-refractivity contribution is -0.116. The molecular formula is C10H11N3O2. The van der Waals surface area contributed by atoms with Gasteiger partial charge in [-0.15, -0.1) is 0 Å². The van der Waals surface area contributed by atoms with Gasteiger partial charge in [-0.05, 0) is 12.1 Å². The summed E-state index contributed by atoms with van der Waals surface area (Å²) >= 11 is 0. The maximum absolute atomic E-state index is 10.6. The van der Waals surface area contributed by atoms with E-state index in [4.69, 9.17) is 10.2 Å². The van der Waals surface area contributed by atoms with Crippen molar-refractivity contribution in [2.45, 2.75) is 6.92 Å². The molecule has 2 rings (SSSR count). The molecule has 2 aromatic rings. The summed E-state index contributed by atoms with van der Waals surface area (Å²) in [6.45, 7) is 1.90. The van der Waals surface area contributed by atoms with E-state index in [9.17, 15) is 4.79 Å². The number of benzene rings is 1. The number of nitrogens with one attached hydrogen (secondary N) is 1. The third-order valence-corrected chi connectivity index (χ3v) is 1.96. The number of primary amides is 1. The van der Waals surface area contributed by atoms with Gasteiger partial charge in [0.05, 0.1) is 6.54 Å². The van der Waals surface area contributed by atoms with Gasteiger partial charge in [-0.3, -0.25) is 4.79 Å². The van der Waals surface area contributed by atoms with Gasteiger partial charge in [-0.2, -0.15) is 0 Å². The molecule has 0 aliphatic rings. The van der Waals surface area contributed by atoms with E-state index in [1.54, 1.807) is 13.0 Å². The first-order chi connectivity index (χ1) is 7.15. The predicted octanol–water partition coefficient (Wildman–Crippen LogP) is 1.03. The second kappa shape index (κ2) is 3.61. The van der Waals surface area contributed by atoms with Gasteiger partial charge in [0.15, 0.2) is 11.5 Å². The van der Waals surface area contributed by atoms with Gasteiger partial charge < -0.3 is 15.5 Å². The monoisotopic (exact) mass is 205 g/mol. The van der Waals surface area contributed by atoms with E-state index in [0.29, 0.717) is 11.5 Å². The van der Waals surface area contributed by atoms with E-state index in [-0.39, 0.29) is 6.54 Å². The number of hydrogen-bond acceptors (Lipinski definition) is 4. The molecule has 0 saturated carbocycles. The summed E-state index contributed by atoms with van der Waals surface area (Å²) < 4.78 is 5.35. The summed E-state index contributed by atoms with van der Waals surface area (Å²) in [5, 5.41) is 2.88. The Bertz CT molecular complexity index is 504. The Kier molecular flexibility index (Phi) is 2.29. The molecule has 78 valence electrons. The van der Waals surface area contributed by atoms with E-state index in [2.05, 4.69) is 10.3 Å². The molecule has 0 bridgehead atoms. The lowest BCUT2D eigenvalue weighted by Crippen LogP contribution is -2.21. The first-order valence-corrected chi connectivity index (χ1v) is 4.54. The zero-order valence-corrected chi connectivity index (χ0v) is 8.28. The van der Waals surface area contributed by atoms with Crippen LogP contribution >= 0.6 is 0 Å². The lowest BCUT2D eigenvalue weighted by Gasteiger charge is -2.02. The summed E-state index contributed by atoms with van der Waals surface area (Å²) in [6, 6.07) is 5.45. The van der Waals surface area contributed by atoms with Gasteiger partial charge in [0.25, 0.3) is 0 Å². The number of anilines is 1.